The van der Waals surface area contributed by atoms with E-state index < -0.39 is 5.41 Å². The largest absolute Gasteiger partial charge is 0.309 e. The van der Waals surface area contributed by atoms with Crippen LogP contribution in [0.25, 0.3) is 38.6 Å². The van der Waals surface area contributed by atoms with Crippen molar-refractivity contribution in [3.8, 4) is 16.8 Å². The Bertz CT molecular complexity index is 1970. The van der Waals surface area contributed by atoms with Crippen LogP contribution in [-0.4, -0.2) is 4.57 Å². The molecule has 6 aromatic carbocycles. The molecule has 184 valence electrons. The molecule has 0 bridgehead atoms. The summed E-state index contributed by atoms with van der Waals surface area (Å²) in [6.45, 7) is 0. The fourth-order valence-electron chi connectivity index (χ4n) is 6.79. The van der Waals surface area contributed by atoms with Crippen molar-refractivity contribution in [2.45, 2.75) is 5.41 Å². The Labute approximate surface area is 232 Å². The lowest BCUT2D eigenvalue weighted by molar-refractivity contribution is 0.770. The van der Waals surface area contributed by atoms with Crippen LogP contribution in [0.4, 0.5) is 0 Å². The zero-order valence-corrected chi connectivity index (χ0v) is 21.9. The Kier molecular flexibility index (Phi) is 4.86. The maximum atomic E-state index is 6.25. The van der Waals surface area contributed by atoms with Gasteiger partial charge in [-0.25, -0.2) is 0 Å². The highest BCUT2D eigenvalue weighted by atomic mass is 35.5. The number of aromatic nitrogens is 1. The molecule has 0 N–H and O–H groups in total. The van der Waals surface area contributed by atoms with Gasteiger partial charge in [0.25, 0.3) is 0 Å². The van der Waals surface area contributed by atoms with Crippen molar-refractivity contribution >= 4 is 33.4 Å². The number of hydrogen-bond acceptors (Lipinski definition) is 0. The van der Waals surface area contributed by atoms with Crippen LogP contribution in [0, 0.1) is 0 Å². The molecule has 1 aliphatic rings. The minimum atomic E-state index is -0.411. The molecule has 0 atom stereocenters. The smallest absolute Gasteiger partial charge is 0.0713 e. The number of nitrogens with zero attached hydrogens (tertiary/aromatic N) is 1. The fraction of sp³-hybridized carbons (Fsp3) is 0.0270. The van der Waals surface area contributed by atoms with Crippen LogP contribution in [0.15, 0.2) is 146 Å². The molecule has 1 aliphatic carbocycles. The molecule has 2 heteroatoms. The molecule has 0 fully saturated rings. The van der Waals surface area contributed by atoms with Gasteiger partial charge in [-0.1, -0.05) is 115 Å². The molecule has 8 rings (SSSR count). The van der Waals surface area contributed by atoms with Gasteiger partial charge in [0.05, 0.1) is 16.4 Å². The first-order chi connectivity index (χ1) is 19.3. The average molecular weight is 518 g/mol. The van der Waals surface area contributed by atoms with Crippen molar-refractivity contribution < 1.29 is 0 Å². The minimum absolute atomic E-state index is 0.411. The molecular formula is C37H24ClN. The number of fused-ring (bicyclic) bond motifs is 6. The lowest BCUT2D eigenvalue weighted by atomic mass is 9.67. The summed E-state index contributed by atoms with van der Waals surface area (Å²) in [7, 11) is 0. The van der Waals surface area contributed by atoms with E-state index in [1.807, 2.05) is 12.1 Å². The van der Waals surface area contributed by atoms with Gasteiger partial charge in [-0.3, -0.25) is 0 Å². The predicted octanol–water partition coefficient (Wildman–Crippen LogP) is 9.80. The number of benzene rings is 6. The Morgan fingerprint density at radius 3 is 1.77 bits per heavy atom. The quantitative estimate of drug-likeness (QED) is 0.220. The van der Waals surface area contributed by atoms with Gasteiger partial charge in [-0.05, 0) is 75.8 Å². The first-order valence-electron chi connectivity index (χ1n) is 13.3. The lowest BCUT2D eigenvalue weighted by Gasteiger charge is -2.34. The molecule has 7 aromatic rings. The van der Waals surface area contributed by atoms with Gasteiger partial charge in [-0.2, -0.15) is 0 Å². The average Bonchev–Trinajstić information content (AvgIpc) is 3.49. The van der Waals surface area contributed by atoms with E-state index in [1.54, 1.807) is 0 Å². The van der Waals surface area contributed by atoms with Gasteiger partial charge in [0.2, 0.25) is 0 Å². The molecule has 1 heterocycles. The van der Waals surface area contributed by atoms with Crippen molar-refractivity contribution in [1.29, 1.82) is 0 Å². The van der Waals surface area contributed by atoms with Crippen LogP contribution >= 0.6 is 11.6 Å². The summed E-state index contributed by atoms with van der Waals surface area (Å²) in [6, 6.07) is 52.6. The number of halogens is 1. The van der Waals surface area contributed by atoms with E-state index >= 15 is 0 Å². The molecular weight excluding hydrogens is 494 g/mol. The Balaban J connectivity index is 1.49. The summed E-state index contributed by atoms with van der Waals surface area (Å²) in [5, 5.41) is 3.23. The highest BCUT2D eigenvalue weighted by Gasteiger charge is 2.45. The fourth-order valence-corrected chi connectivity index (χ4v) is 6.91. The van der Waals surface area contributed by atoms with Crippen LogP contribution in [0.5, 0.6) is 0 Å². The van der Waals surface area contributed by atoms with Crippen LogP contribution < -0.4 is 0 Å². The van der Waals surface area contributed by atoms with Crippen LogP contribution in [0.2, 0.25) is 5.02 Å². The van der Waals surface area contributed by atoms with Gasteiger partial charge in [0.15, 0.2) is 0 Å². The van der Waals surface area contributed by atoms with E-state index in [0.717, 1.165) is 10.7 Å². The van der Waals surface area contributed by atoms with E-state index in [-0.39, 0.29) is 0 Å². The van der Waals surface area contributed by atoms with Gasteiger partial charge >= 0.3 is 0 Å². The lowest BCUT2D eigenvalue weighted by Crippen LogP contribution is -2.28. The number of para-hydroxylation sites is 1. The van der Waals surface area contributed by atoms with Gasteiger partial charge in [0, 0.05) is 21.5 Å². The van der Waals surface area contributed by atoms with Crippen molar-refractivity contribution in [3.63, 3.8) is 0 Å². The molecule has 0 saturated carbocycles. The molecule has 0 radical (unpaired) electrons. The standard InChI is InChI=1S/C37H24ClN/c38-27-19-21-28(22-20-27)39-35-17-9-6-14-31(35)32-24-26(18-23-36(32)39)37(25-10-2-1-3-11-25)33-15-7-4-12-29(33)30-13-5-8-16-34(30)37/h1-24H. The molecule has 0 spiro atoms. The van der Waals surface area contributed by atoms with Gasteiger partial charge in [0.1, 0.15) is 0 Å². The van der Waals surface area contributed by atoms with Crippen molar-refractivity contribution in [1.82, 2.24) is 4.57 Å². The number of hydrogen-bond donors (Lipinski definition) is 0. The molecule has 0 aliphatic heterocycles. The maximum Gasteiger partial charge on any atom is 0.0713 e. The summed E-state index contributed by atoms with van der Waals surface area (Å²) in [6.07, 6.45) is 0. The van der Waals surface area contributed by atoms with Crippen LogP contribution in [0.3, 0.4) is 0 Å². The van der Waals surface area contributed by atoms with E-state index in [9.17, 15) is 0 Å². The van der Waals surface area contributed by atoms with Crippen LogP contribution in [-0.2, 0) is 5.41 Å². The third-order valence-corrected chi connectivity index (χ3v) is 8.60. The SMILES string of the molecule is Clc1ccc(-n2c3ccccc3c3cc(C4(c5ccccc5)c5ccccc5-c5ccccc54)ccc32)cc1. The van der Waals surface area contributed by atoms with E-state index in [0.29, 0.717) is 0 Å². The second-order valence-electron chi connectivity index (χ2n) is 10.3. The van der Waals surface area contributed by atoms with E-state index in [4.69, 9.17) is 11.6 Å². The van der Waals surface area contributed by atoms with Crippen molar-refractivity contribution in [2.24, 2.45) is 0 Å². The zero-order valence-electron chi connectivity index (χ0n) is 21.2. The Morgan fingerprint density at radius 1 is 0.462 bits per heavy atom. The normalized spacial score (nSPS) is 13.5. The molecule has 1 nitrogen and oxygen atoms in total. The summed E-state index contributed by atoms with van der Waals surface area (Å²) in [5.74, 6) is 0. The van der Waals surface area contributed by atoms with Crippen molar-refractivity contribution in [3.05, 3.63) is 173 Å². The first kappa shape index (κ1) is 22.4. The first-order valence-corrected chi connectivity index (χ1v) is 13.7. The van der Waals surface area contributed by atoms with E-state index in [2.05, 4.69) is 138 Å². The summed E-state index contributed by atoms with van der Waals surface area (Å²) in [5.41, 5.74) is 10.9. The van der Waals surface area contributed by atoms with E-state index in [1.165, 1.54) is 55.2 Å². The van der Waals surface area contributed by atoms with Gasteiger partial charge < -0.3 is 4.57 Å². The highest BCUT2D eigenvalue weighted by molar-refractivity contribution is 6.30. The highest BCUT2D eigenvalue weighted by Crippen LogP contribution is 2.56. The monoisotopic (exact) mass is 517 g/mol. The molecule has 0 unspecified atom stereocenters. The zero-order chi connectivity index (χ0) is 26.0. The van der Waals surface area contributed by atoms with Crippen LogP contribution in [0.1, 0.15) is 22.3 Å². The summed E-state index contributed by atoms with van der Waals surface area (Å²) >= 11 is 6.25. The molecule has 0 saturated heterocycles. The topological polar surface area (TPSA) is 4.93 Å². The third-order valence-electron chi connectivity index (χ3n) is 8.35. The second-order valence-corrected chi connectivity index (χ2v) is 10.7. The Morgan fingerprint density at radius 2 is 1.05 bits per heavy atom. The molecule has 39 heavy (non-hydrogen) atoms. The predicted molar refractivity (Wildman–Crippen MR) is 163 cm³/mol. The third kappa shape index (κ3) is 3.08. The number of rotatable bonds is 3. The molecule has 0 amide bonds. The maximum absolute atomic E-state index is 6.25. The van der Waals surface area contributed by atoms with Crippen molar-refractivity contribution in [2.75, 3.05) is 0 Å². The second kappa shape index (κ2) is 8.46. The summed E-state index contributed by atoms with van der Waals surface area (Å²) < 4.78 is 2.34. The summed E-state index contributed by atoms with van der Waals surface area (Å²) in [4.78, 5) is 0. The Hall–Kier alpha value is -4.59. The van der Waals surface area contributed by atoms with Gasteiger partial charge in [-0.15, -0.1) is 0 Å². The minimum Gasteiger partial charge on any atom is -0.309 e. The molecule has 1 aromatic heterocycles.